The molecule has 0 amide bonds. The molecule has 0 saturated heterocycles. The summed E-state index contributed by atoms with van der Waals surface area (Å²) in [6.45, 7) is 0. The van der Waals surface area contributed by atoms with Crippen LogP contribution in [0.5, 0.6) is 0 Å². The summed E-state index contributed by atoms with van der Waals surface area (Å²) in [5.41, 5.74) is 8.24. The van der Waals surface area contributed by atoms with Gasteiger partial charge in [0, 0.05) is 38.1 Å². The van der Waals surface area contributed by atoms with Gasteiger partial charge in [-0.3, -0.25) is 9.67 Å². The van der Waals surface area contributed by atoms with E-state index in [1.807, 2.05) is 25.5 Å². The molecule has 2 aromatic rings. The fourth-order valence-corrected chi connectivity index (χ4v) is 1.76. The minimum atomic E-state index is 0.118. The first-order valence-corrected chi connectivity index (χ1v) is 5.74. The standard InChI is InChI=1S/C12H17N5/c1-17-9-12(15-16-17)7-11(13)5-4-10-3-2-6-14-8-10/h2-3,6,8-9,11H,4-5,7,13H2,1H3. The van der Waals surface area contributed by atoms with Gasteiger partial charge in [-0.2, -0.15) is 0 Å². The average molecular weight is 231 g/mol. The van der Waals surface area contributed by atoms with Gasteiger partial charge < -0.3 is 5.73 Å². The SMILES string of the molecule is Cn1cc(CC(N)CCc2cccnc2)nn1. The van der Waals surface area contributed by atoms with Crippen molar-refractivity contribution in [2.45, 2.75) is 25.3 Å². The molecule has 1 unspecified atom stereocenters. The van der Waals surface area contributed by atoms with Gasteiger partial charge in [0.1, 0.15) is 0 Å². The van der Waals surface area contributed by atoms with Gasteiger partial charge in [-0.25, -0.2) is 0 Å². The Labute approximate surface area is 101 Å². The zero-order chi connectivity index (χ0) is 12.1. The highest BCUT2D eigenvalue weighted by atomic mass is 15.4. The molecule has 2 aromatic heterocycles. The second kappa shape index (κ2) is 5.54. The molecular formula is C12H17N5. The predicted octanol–water partition coefficient (Wildman–Crippen LogP) is 0.713. The van der Waals surface area contributed by atoms with Crippen LogP contribution in [-0.2, 0) is 19.9 Å². The van der Waals surface area contributed by atoms with Crippen molar-refractivity contribution in [3.63, 3.8) is 0 Å². The monoisotopic (exact) mass is 231 g/mol. The van der Waals surface area contributed by atoms with Gasteiger partial charge in [0.05, 0.1) is 5.69 Å². The minimum absolute atomic E-state index is 0.118. The van der Waals surface area contributed by atoms with Crippen molar-refractivity contribution >= 4 is 0 Å². The Morgan fingerprint density at radius 2 is 2.35 bits per heavy atom. The number of aromatic nitrogens is 4. The summed E-state index contributed by atoms with van der Waals surface area (Å²) >= 11 is 0. The van der Waals surface area contributed by atoms with E-state index in [9.17, 15) is 0 Å². The van der Waals surface area contributed by atoms with Gasteiger partial charge in [-0.15, -0.1) is 5.10 Å². The van der Waals surface area contributed by atoms with E-state index in [1.165, 1.54) is 5.56 Å². The Hall–Kier alpha value is -1.75. The molecule has 0 radical (unpaired) electrons. The molecular weight excluding hydrogens is 214 g/mol. The van der Waals surface area contributed by atoms with Crippen molar-refractivity contribution in [2.75, 3.05) is 0 Å². The van der Waals surface area contributed by atoms with Crippen LogP contribution in [0.4, 0.5) is 0 Å². The van der Waals surface area contributed by atoms with Gasteiger partial charge in [-0.1, -0.05) is 11.3 Å². The van der Waals surface area contributed by atoms with E-state index in [0.717, 1.165) is 25.0 Å². The largest absolute Gasteiger partial charge is 0.327 e. The zero-order valence-electron chi connectivity index (χ0n) is 9.95. The van der Waals surface area contributed by atoms with Gasteiger partial charge >= 0.3 is 0 Å². The zero-order valence-corrected chi connectivity index (χ0v) is 9.95. The lowest BCUT2D eigenvalue weighted by molar-refractivity contribution is 0.601. The molecule has 2 N–H and O–H groups in total. The molecule has 0 aliphatic heterocycles. The molecule has 5 nitrogen and oxygen atoms in total. The summed E-state index contributed by atoms with van der Waals surface area (Å²) in [6.07, 6.45) is 8.23. The Kier molecular flexibility index (Phi) is 3.82. The molecule has 0 aromatic carbocycles. The van der Waals surface area contributed by atoms with E-state index in [2.05, 4.69) is 21.4 Å². The number of nitrogens with zero attached hydrogens (tertiary/aromatic N) is 4. The number of pyridine rings is 1. The Morgan fingerprint density at radius 1 is 1.47 bits per heavy atom. The van der Waals surface area contributed by atoms with E-state index in [1.54, 1.807) is 10.9 Å². The van der Waals surface area contributed by atoms with Gasteiger partial charge in [0.25, 0.3) is 0 Å². The fraction of sp³-hybridized carbons (Fsp3) is 0.417. The first-order valence-electron chi connectivity index (χ1n) is 5.74. The molecule has 2 rings (SSSR count). The highest BCUT2D eigenvalue weighted by Gasteiger charge is 2.07. The van der Waals surface area contributed by atoms with E-state index in [-0.39, 0.29) is 6.04 Å². The molecule has 90 valence electrons. The molecule has 0 aliphatic carbocycles. The quantitative estimate of drug-likeness (QED) is 0.823. The first-order chi connectivity index (χ1) is 8.24. The van der Waals surface area contributed by atoms with Crippen LogP contribution in [0.1, 0.15) is 17.7 Å². The summed E-state index contributed by atoms with van der Waals surface area (Å²) in [6, 6.07) is 4.14. The van der Waals surface area contributed by atoms with Crippen molar-refractivity contribution in [3.8, 4) is 0 Å². The molecule has 1 atom stereocenters. The third kappa shape index (κ3) is 3.64. The molecule has 5 heteroatoms. The number of hydrogen-bond donors (Lipinski definition) is 1. The first kappa shape index (κ1) is 11.7. The summed E-state index contributed by atoms with van der Waals surface area (Å²) in [5.74, 6) is 0. The summed E-state index contributed by atoms with van der Waals surface area (Å²) in [7, 11) is 1.86. The average Bonchev–Trinajstić information content (AvgIpc) is 2.73. The predicted molar refractivity (Wildman–Crippen MR) is 65.2 cm³/mol. The highest BCUT2D eigenvalue weighted by Crippen LogP contribution is 2.05. The Morgan fingerprint density at radius 3 is 3.00 bits per heavy atom. The number of aryl methyl sites for hydroxylation is 2. The van der Waals surface area contributed by atoms with Crippen LogP contribution < -0.4 is 5.73 Å². The lowest BCUT2D eigenvalue weighted by atomic mass is 10.0. The molecule has 0 saturated carbocycles. The van der Waals surface area contributed by atoms with Crippen LogP contribution in [0.2, 0.25) is 0 Å². The smallest absolute Gasteiger partial charge is 0.0842 e. The Bertz CT molecular complexity index is 451. The molecule has 0 aliphatic rings. The minimum Gasteiger partial charge on any atom is -0.327 e. The summed E-state index contributed by atoms with van der Waals surface area (Å²) in [5, 5.41) is 7.92. The van der Waals surface area contributed by atoms with Crippen molar-refractivity contribution in [3.05, 3.63) is 42.0 Å². The Balaban J connectivity index is 1.80. The van der Waals surface area contributed by atoms with Crippen molar-refractivity contribution in [1.29, 1.82) is 0 Å². The number of nitrogens with two attached hydrogens (primary N) is 1. The fourth-order valence-electron chi connectivity index (χ4n) is 1.76. The van der Waals surface area contributed by atoms with Gasteiger partial charge in [-0.05, 0) is 24.5 Å². The molecule has 17 heavy (non-hydrogen) atoms. The van der Waals surface area contributed by atoms with Crippen LogP contribution in [0.25, 0.3) is 0 Å². The van der Waals surface area contributed by atoms with Crippen LogP contribution in [-0.4, -0.2) is 26.0 Å². The van der Waals surface area contributed by atoms with Gasteiger partial charge in [0.15, 0.2) is 0 Å². The second-order valence-electron chi connectivity index (χ2n) is 4.25. The highest BCUT2D eigenvalue weighted by molar-refractivity contribution is 5.09. The van der Waals surface area contributed by atoms with E-state index < -0.39 is 0 Å². The normalized spacial score (nSPS) is 12.6. The maximum Gasteiger partial charge on any atom is 0.0842 e. The van der Waals surface area contributed by atoms with Crippen LogP contribution in [0, 0.1) is 0 Å². The van der Waals surface area contributed by atoms with E-state index in [0.29, 0.717) is 0 Å². The number of rotatable bonds is 5. The molecule has 0 spiro atoms. The third-order valence-electron chi connectivity index (χ3n) is 2.65. The topological polar surface area (TPSA) is 69.6 Å². The van der Waals surface area contributed by atoms with Crippen LogP contribution >= 0.6 is 0 Å². The molecule has 0 fully saturated rings. The molecule has 0 bridgehead atoms. The number of hydrogen-bond acceptors (Lipinski definition) is 4. The summed E-state index contributed by atoms with van der Waals surface area (Å²) in [4.78, 5) is 4.08. The van der Waals surface area contributed by atoms with Gasteiger partial charge in [0.2, 0.25) is 0 Å². The maximum atomic E-state index is 6.07. The molecule has 2 heterocycles. The van der Waals surface area contributed by atoms with Crippen molar-refractivity contribution < 1.29 is 0 Å². The maximum absolute atomic E-state index is 6.07. The summed E-state index contributed by atoms with van der Waals surface area (Å²) < 4.78 is 1.70. The van der Waals surface area contributed by atoms with Crippen LogP contribution in [0.3, 0.4) is 0 Å². The van der Waals surface area contributed by atoms with E-state index >= 15 is 0 Å². The van der Waals surface area contributed by atoms with Crippen molar-refractivity contribution in [1.82, 2.24) is 20.0 Å². The van der Waals surface area contributed by atoms with Crippen molar-refractivity contribution in [2.24, 2.45) is 12.8 Å². The van der Waals surface area contributed by atoms with E-state index in [4.69, 9.17) is 5.73 Å². The lowest BCUT2D eigenvalue weighted by Gasteiger charge is -2.09. The lowest BCUT2D eigenvalue weighted by Crippen LogP contribution is -2.23. The third-order valence-corrected chi connectivity index (χ3v) is 2.65. The second-order valence-corrected chi connectivity index (χ2v) is 4.25. The van der Waals surface area contributed by atoms with Crippen LogP contribution in [0.15, 0.2) is 30.7 Å².